The van der Waals surface area contributed by atoms with Crippen molar-refractivity contribution in [3.05, 3.63) is 71.8 Å². The first-order valence-electron chi connectivity index (χ1n) is 8.50. The number of nitrogens with zero attached hydrogens (tertiary/aromatic N) is 2. The zero-order chi connectivity index (χ0) is 19.2. The zero-order valence-electron chi connectivity index (χ0n) is 14.6. The molecule has 2 aromatic carbocycles. The average Bonchev–Trinajstić information content (AvgIpc) is 3.32. The molecule has 2 aliphatic rings. The molecule has 1 aliphatic carbocycles. The van der Waals surface area contributed by atoms with Gasteiger partial charge in [0, 0.05) is 5.92 Å². The molecular formula is C21H16N2O4. The molecule has 0 aromatic heterocycles. The highest BCUT2D eigenvalue weighted by Gasteiger charge is 2.95. The SMILES string of the molecule is COC(=O)C12C(=O)N(Cc3ccccc3)C(=O)C1(C#N)C2c1ccccc1. The second kappa shape index (κ2) is 5.78. The van der Waals surface area contributed by atoms with Crippen molar-refractivity contribution in [3.63, 3.8) is 0 Å². The molecule has 2 aromatic rings. The molecule has 1 aliphatic heterocycles. The van der Waals surface area contributed by atoms with Gasteiger partial charge in [0.1, 0.15) is 0 Å². The number of piperidine rings is 1. The number of hydrogen-bond acceptors (Lipinski definition) is 5. The van der Waals surface area contributed by atoms with Crippen LogP contribution in [-0.4, -0.2) is 29.8 Å². The molecule has 0 spiro atoms. The van der Waals surface area contributed by atoms with Crippen LogP contribution in [0.1, 0.15) is 17.0 Å². The van der Waals surface area contributed by atoms with E-state index < -0.39 is 34.5 Å². The standard InChI is InChI=1S/C21H16N2O4/c1-27-19(26)21-16(15-10-6-3-7-11-15)20(21,13-22)17(24)23(18(21)25)12-14-8-4-2-5-9-14/h2-11,16H,12H2,1H3. The number of carbonyl (C=O) groups is 3. The van der Waals surface area contributed by atoms with E-state index in [9.17, 15) is 19.6 Å². The summed E-state index contributed by atoms with van der Waals surface area (Å²) in [7, 11) is 1.16. The molecule has 0 radical (unpaired) electrons. The van der Waals surface area contributed by atoms with Crippen LogP contribution in [-0.2, 0) is 25.7 Å². The second-order valence-corrected chi connectivity index (χ2v) is 6.75. The van der Waals surface area contributed by atoms with Crippen LogP contribution in [0.25, 0.3) is 0 Å². The summed E-state index contributed by atoms with van der Waals surface area (Å²) in [6, 6.07) is 19.7. The largest absolute Gasteiger partial charge is 0.468 e. The number of benzene rings is 2. The Bertz CT molecular complexity index is 982. The van der Waals surface area contributed by atoms with E-state index in [1.54, 1.807) is 54.6 Å². The molecule has 27 heavy (non-hydrogen) atoms. The van der Waals surface area contributed by atoms with Gasteiger partial charge >= 0.3 is 5.97 Å². The molecule has 3 atom stereocenters. The Morgan fingerprint density at radius 3 is 2.22 bits per heavy atom. The normalized spacial score (nSPS) is 28.4. The molecule has 6 nitrogen and oxygen atoms in total. The maximum absolute atomic E-state index is 13.3. The Kier molecular flexibility index (Phi) is 3.63. The van der Waals surface area contributed by atoms with E-state index in [2.05, 4.69) is 0 Å². The van der Waals surface area contributed by atoms with Gasteiger partial charge in [-0.1, -0.05) is 60.7 Å². The minimum atomic E-state index is -1.82. The summed E-state index contributed by atoms with van der Waals surface area (Å²) in [5.41, 5.74) is -2.23. The van der Waals surface area contributed by atoms with Crippen molar-refractivity contribution in [1.29, 1.82) is 5.26 Å². The van der Waals surface area contributed by atoms with Crippen LogP contribution in [0, 0.1) is 22.2 Å². The van der Waals surface area contributed by atoms with Gasteiger partial charge in [0.25, 0.3) is 5.91 Å². The Hall–Kier alpha value is -3.46. The Morgan fingerprint density at radius 2 is 1.67 bits per heavy atom. The fraction of sp³-hybridized carbons (Fsp3) is 0.238. The van der Waals surface area contributed by atoms with Gasteiger partial charge in [-0.15, -0.1) is 0 Å². The molecular weight excluding hydrogens is 344 g/mol. The molecule has 6 heteroatoms. The Balaban J connectivity index is 1.82. The van der Waals surface area contributed by atoms with Crippen molar-refractivity contribution >= 4 is 17.8 Å². The van der Waals surface area contributed by atoms with Crippen LogP contribution in [0.5, 0.6) is 0 Å². The first-order chi connectivity index (χ1) is 13.1. The van der Waals surface area contributed by atoms with Crippen molar-refractivity contribution in [2.75, 3.05) is 7.11 Å². The lowest BCUT2D eigenvalue weighted by Crippen LogP contribution is -2.39. The van der Waals surface area contributed by atoms with Gasteiger partial charge in [0.2, 0.25) is 5.91 Å². The van der Waals surface area contributed by atoms with Crippen molar-refractivity contribution in [1.82, 2.24) is 4.90 Å². The molecule has 1 saturated heterocycles. The number of nitriles is 1. The van der Waals surface area contributed by atoms with Gasteiger partial charge in [-0.25, -0.2) is 0 Å². The highest BCUT2D eigenvalue weighted by molar-refractivity contribution is 6.27. The number of esters is 1. The number of likely N-dealkylation sites (tertiary alicyclic amines) is 1. The molecule has 1 saturated carbocycles. The summed E-state index contributed by atoms with van der Waals surface area (Å²) in [5.74, 6) is -2.99. The lowest BCUT2D eigenvalue weighted by atomic mass is 9.96. The maximum Gasteiger partial charge on any atom is 0.324 e. The van der Waals surface area contributed by atoms with E-state index in [0.29, 0.717) is 5.56 Å². The predicted octanol–water partition coefficient (Wildman–Crippen LogP) is 2.02. The number of hydrogen-bond donors (Lipinski definition) is 0. The van der Waals surface area contributed by atoms with Gasteiger partial charge in [-0.2, -0.15) is 5.26 Å². The number of rotatable bonds is 4. The zero-order valence-corrected chi connectivity index (χ0v) is 14.6. The third-order valence-corrected chi connectivity index (χ3v) is 5.57. The number of amides is 2. The quantitative estimate of drug-likeness (QED) is 0.473. The average molecular weight is 360 g/mol. The Morgan fingerprint density at radius 1 is 1.07 bits per heavy atom. The summed E-state index contributed by atoms with van der Waals surface area (Å²) < 4.78 is 4.88. The lowest BCUT2D eigenvalue weighted by Gasteiger charge is -2.21. The number of ether oxygens (including phenoxy) is 1. The van der Waals surface area contributed by atoms with E-state index in [-0.39, 0.29) is 6.54 Å². The van der Waals surface area contributed by atoms with Crippen molar-refractivity contribution in [3.8, 4) is 6.07 Å². The minimum Gasteiger partial charge on any atom is -0.468 e. The van der Waals surface area contributed by atoms with Gasteiger partial charge in [-0.3, -0.25) is 19.3 Å². The monoisotopic (exact) mass is 360 g/mol. The third kappa shape index (κ3) is 1.91. The van der Waals surface area contributed by atoms with E-state index in [1.165, 1.54) is 0 Å². The van der Waals surface area contributed by atoms with Crippen LogP contribution in [0.2, 0.25) is 0 Å². The highest BCUT2D eigenvalue weighted by Crippen LogP contribution is 2.79. The molecule has 134 valence electrons. The van der Waals surface area contributed by atoms with Crippen molar-refractivity contribution < 1.29 is 19.1 Å². The molecule has 1 heterocycles. The number of carbonyl (C=O) groups excluding carboxylic acids is 3. The molecule has 2 fully saturated rings. The molecule has 0 N–H and O–H groups in total. The topological polar surface area (TPSA) is 87.5 Å². The molecule has 4 rings (SSSR count). The number of fused-ring (bicyclic) bond motifs is 1. The van der Waals surface area contributed by atoms with E-state index >= 15 is 0 Å². The van der Waals surface area contributed by atoms with Gasteiger partial charge in [0.05, 0.1) is 19.7 Å². The maximum atomic E-state index is 13.3. The molecule has 2 amide bonds. The fourth-order valence-electron chi connectivity index (χ4n) is 4.36. The smallest absolute Gasteiger partial charge is 0.324 e. The summed E-state index contributed by atoms with van der Waals surface area (Å²) in [4.78, 5) is 40.2. The summed E-state index contributed by atoms with van der Waals surface area (Å²) >= 11 is 0. The van der Waals surface area contributed by atoms with Crippen LogP contribution < -0.4 is 0 Å². The molecule has 0 bridgehead atoms. The number of imide groups is 1. The summed E-state index contributed by atoms with van der Waals surface area (Å²) in [5, 5.41) is 9.92. The molecule has 3 unspecified atom stereocenters. The predicted molar refractivity (Wildman–Crippen MR) is 93.7 cm³/mol. The summed E-state index contributed by atoms with van der Waals surface area (Å²) in [6.45, 7) is 0.0161. The first-order valence-corrected chi connectivity index (χ1v) is 8.50. The fourth-order valence-corrected chi connectivity index (χ4v) is 4.36. The third-order valence-electron chi connectivity index (χ3n) is 5.57. The summed E-state index contributed by atoms with van der Waals surface area (Å²) in [6.07, 6.45) is 0. The van der Waals surface area contributed by atoms with E-state index in [4.69, 9.17) is 4.74 Å². The lowest BCUT2D eigenvalue weighted by molar-refractivity contribution is -0.155. The second-order valence-electron chi connectivity index (χ2n) is 6.75. The highest BCUT2D eigenvalue weighted by atomic mass is 16.5. The Labute approximate surface area is 156 Å². The van der Waals surface area contributed by atoms with Crippen LogP contribution in [0.15, 0.2) is 60.7 Å². The van der Waals surface area contributed by atoms with E-state index in [1.807, 2.05) is 12.1 Å². The van der Waals surface area contributed by atoms with Crippen molar-refractivity contribution in [2.45, 2.75) is 12.5 Å². The van der Waals surface area contributed by atoms with Gasteiger partial charge < -0.3 is 4.74 Å². The van der Waals surface area contributed by atoms with Crippen LogP contribution in [0.4, 0.5) is 0 Å². The van der Waals surface area contributed by atoms with Gasteiger partial charge in [-0.05, 0) is 11.1 Å². The number of methoxy groups -OCH3 is 1. The minimum absolute atomic E-state index is 0.0161. The van der Waals surface area contributed by atoms with E-state index in [0.717, 1.165) is 17.6 Å². The van der Waals surface area contributed by atoms with Gasteiger partial charge in [0.15, 0.2) is 10.8 Å². The van der Waals surface area contributed by atoms with Crippen molar-refractivity contribution in [2.24, 2.45) is 10.8 Å². The van der Waals surface area contributed by atoms with Crippen LogP contribution in [0.3, 0.4) is 0 Å². The van der Waals surface area contributed by atoms with Crippen LogP contribution >= 0.6 is 0 Å². The first kappa shape index (κ1) is 17.0.